The van der Waals surface area contributed by atoms with Gasteiger partial charge in [0.25, 0.3) is 0 Å². The largest absolute Gasteiger partial charge is 0.365 e. The molecular formula is C18H16N4S. The molecule has 1 aromatic carbocycles. The van der Waals surface area contributed by atoms with Crippen molar-refractivity contribution in [3.63, 3.8) is 0 Å². The standard InChI is InChI=1S/C18H16N4S/c1-12-16(17-11-23-13(2)22-17)8-15(9-19)18(21-12)20-10-14-6-4-3-5-7-14/h3-8,11H,10H2,1-2H3,(H,20,21). The lowest BCUT2D eigenvalue weighted by Gasteiger charge is -2.11. The number of anilines is 1. The average Bonchev–Trinajstić information content (AvgIpc) is 3.00. The summed E-state index contributed by atoms with van der Waals surface area (Å²) in [5.41, 5.74) is 4.34. The van der Waals surface area contributed by atoms with Crippen LogP contribution >= 0.6 is 11.3 Å². The Morgan fingerprint density at radius 3 is 2.61 bits per heavy atom. The molecule has 0 fully saturated rings. The Hall–Kier alpha value is -2.71. The molecule has 2 aromatic heterocycles. The first kappa shape index (κ1) is 15.2. The van der Waals surface area contributed by atoms with Crippen molar-refractivity contribution in [3.8, 4) is 17.3 Å². The van der Waals surface area contributed by atoms with Gasteiger partial charge in [0.15, 0.2) is 0 Å². The predicted molar refractivity (Wildman–Crippen MR) is 93.3 cm³/mol. The molecule has 0 atom stereocenters. The van der Waals surface area contributed by atoms with Crippen LogP contribution in [0.2, 0.25) is 0 Å². The number of nitriles is 1. The van der Waals surface area contributed by atoms with Gasteiger partial charge in [-0.1, -0.05) is 30.3 Å². The monoisotopic (exact) mass is 320 g/mol. The van der Waals surface area contributed by atoms with E-state index < -0.39 is 0 Å². The molecule has 0 aliphatic heterocycles. The third-order valence-corrected chi connectivity index (χ3v) is 4.30. The summed E-state index contributed by atoms with van der Waals surface area (Å²) >= 11 is 1.60. The number of benzene rings is 1. The van der Waals surface area contributed by atoms with Gasteiger partial charge in [-0.15, -0.1) is 11.3 Å². The van der Waals surface area contributed by atoms with Gasteiger partial charge in [0.1, 0.15) is 11.9 Å². The van der Waals surface area contributed by atoms with E-state index in [1.165, 1.54) is 0 Å². The topological polar surface area (TPSA) is 61.6 Å². The van der Waals surface area contributed by atoms with Crippen molar-refractivity contribution in [2.24, 2.45) is 0 Å². The molecule has 23 heavy (non-hydrogen) atoms. The number of nitrogens with zero attached hydrogens (tertiary/aromatic N) is 3. The van der Waals surface area contributed by atoms with Crippen molar-refractivity contribution in [1.29, 1.82) is 5.26 Å². The number of hydrogen-bond acceptors (Lipinski definition) is 5. The van der Waals surface area contributed by atoms with Crippen molar-refractivity contribution in [1.82, 2.24) is 9.97 Å². The Morgan fingerprint density at radius 1 is 1.17 bits per heavy atom. The summed E-state index contributed by atoms with van der Waals surface area (Å²) in [7, 11) is 0. The maximum Gasteiger partial charge on any atom is 0.144 e. The third kappa shape index (κ3) is 3.38. The molecule has 1 N–H and O–H groups in total. The number of pyridine rings is 1. The molecule has 0 unspecified atom stereocenters. The molecule has 4 nitrogen and oxygen atoms in total. The minimum absolute atomic E-state index is 0.534. The SMILES string of the molecule is Cc1nc(-c2cc(C#N)c(NCc3ccccc3)nc2C)cs1. The molecule has 0 saturated heterocycles. The number of hydrogen-bond donors (Lipinski definition) is 1. The van der Waals surface area contributed by atoms with Gasteiger partial charge >= 0.3 is 0 Å². The lowest BCUT2D eigenvalue weighted by molar-refractivity contribution is 1.08. The first-order valence-corrected chi connectivity index (χ1v) is 8.17. The highest BCUT2D eigenvalue weighted by molar-refractivity contribution is 7.09. The van der Waals surface area contributed by atoms with E-state index in [0.717, 1.165) is 27.5 Å². The first-order chi connectivity index (χ1) is 11.2. The Kier molecular flexibility index (Phi) is 4.35. The van der Waals surface area contributed by atoms with Crippen LogP contribution in [0.1, 0.15) is 21.8 Å². The van der Waals surface area contributed by atoms with Crippen molar-refractivity contribution >= 4 is 17.2 Å². The van der Waals surface area contributed by atoms with Gasteiger partial charge < -0.3 is 5.32 Å². The van der Waals surface area contributed by atoms with Crippen LogP contribution in [-0.2, 0) is 6.54 Å². The summed E-state index contributed by atoms with van der Waals surface area (Å²) in [6.07, 6.45) is 0. The third-order valence-electron chi connectivity index (χ3n) is 3.53. The molecule has 0 bridgehead atoms. The Morgan fingerprint density at radius 2 is 1.96 bits per heavy atom. The first-order valence-electron chi connectivity index (χ1n) is 7.29. The molecule has 0 radical (unpaired) electrons. The van der Waals surface area contributed by atoms with Crippen LogP contribution in [0, 0.1) is 25.2 Å². The molecule has 0 saturated carbocycles. The molecular weight excluding hydrogens is 304 g/mol. The van der Waals surface area contributed by atoms with Crippen molar-refractivity contribution in [3.05, 3.63) is 63.6 Å². The fourth-order valence-corrected chi connectivity index (χ4v) is 2.97. The van der Waals surface area contributed by atoms with Crippen LogP contribution in [0.25, 0.3) is 11.3 Å². The van der Waals surface area contributed by atoms with Crippen LogP contribution < -0.4 is 5.32 Å². The zero-order valence-corrected chi connectivity index (χ0v) is 13.8. The minimum Gasteiger partial charge on any atom is -0.365 e. The zero-order chi connectivity index (χ0) is 16.2. The maximum atomic E-state index is 9.44. The number of aryl methyl sites for hydroxylation is 2. The summed E-state index contributed by atoms with van der Waals surface area (Å²) in [5.74, 6) is 0.615. The van der Waals surface area contributed by atoms with E-state index >= 15 is 0 Å². The summed E-state index contributed by atoms with van der Waals surface area (Å²) in [5, 5.41) is 15.7. The van der Waals surface area contributed by atoms with Crippen molar-refractivity contribution < 1.29 is 0 Å². The van der Waals surface area contributed by atoms with Crippen molar-refractivity contribution in [2.45, 2.75) is 20.4 Å². The van der Waals surface area contributed by atoms with Crippen LogP contribution in [0.4, 0.5) is 5.82 Å². The van der Waals surface area contributed by atoms with E-state index in [9.17, 15) is 5.26 Å². The number of thiazole rings is 1. The molecule has 2 heterocycles. The maximum absolute atomic E-state index is 9.44. The lowest BCUT2D eigenvalue weighted by atomic mass is 10.1. The number of nitrogens with one attached hydrogen (secondary N) is 1. The minimum atomic E-state index is 0.534. The summed E-state index contributed by atoms with van der Waals surface area (Å²) < 4.78 is 0. The molecule has 0 aliphatic carbocycles. The van der Waals surface area contributed by atoms with Crippen LogP contribution in [-0.4, -0.2) is 9.97 Å². The molecule has 0 aliphatic rings. The van der Waals surface area contributed by atoms with Gasteiger partial charge in [-0.3, -0.25) is 0 Å². The molecule has 0 spiro atoms. The van der Waals surface area contributed by atoms with Gasteiger partial charge in [-0.2, -0.15) is 5.26 Å². The Labute approximate surface area is 139 Å². The molecule has 114 valence electrons. The molecule has 5 heteroatoms. The Bertz CT molecular complexity index is 862. The predicted octanol–water partition coefficient (Wildman–Crippen LogP) is 4.31. The number of aromatic nitrogens is 2. The van der Waals surface area contributed by atoms with Gasteiger partial charge in [0.05, 0.1) is 16.3 Å². The normalized spacial score (nSPS) is 10.3. The van der Waals surface area contributed by atoms with Gasteiger partial charge in [-0.25, -0.2) is 9.97 Å². The molecule has 0 amide bonds. The quantitative estimate of drug-likeness (QED) is 0.778. The highest BCUT2D eigenvalue weighted by Gasteiger charge is 2.12. The second-order valence-electron chi connectivity index (χ2n) is 5.22. The van der Waals surface area contributed by atoms with Gasteiger partial charge in [0, 0.05) is 23.2 Å². The molecule has 3 aromatic rings. The van der Waals surface area contributed by atoms with Crippen LogP contribution in [0.5, 0.6) is 0 Å². The highest BCUT2D eigenvalue weighted by Crippen LogP contribution is 2.27. The summed E-state index contributed by atoms with van der Waals surface area (Å²) in [6.45, 7) is 4.55. The van der Waals surface area contributed by atoms with E-state index in [4.69, 9.17) is 0 Å². The number of rotatable bonds is 4. The van der Waals surface area contributed by atoms with Crippen molar-refractivity contribution in [2.75, 3.05) is 5.32 Å². The average molecular weight is 320 g/mol. The lowest BCUT2D eigenvalue weighted by Crippen LogP contribution is -2.05. The summed E-state index contributed by atoms with van der Waals surface area (Å²) in [6, 6.07) is 14.1. The second kappa shape index (κ2) is 6.59. The van der Waals surface area contributed by atoms with Gasteiger partial charge in [0.2, 0.25) is 0 Å². The molecule has 3 rings (SSSR count). The van der Waals surface area contributed by atoms with E-state index in [-0.39, 0.29) is 0 Å². The van der Waals surface area contributed by atoms with E-state index in [1.54, 1.807) is 11.3 Å². The fraction of sp³-hybridized carbons (Fsp3) is 0.167. The highest BCUT2D eigenvalue weighted by atomic mass is 32.1. The fourth-order valence-electron chi connectivity index (χ4n) is 2.35. The van der Waals surface area contributed by atoms with E-state index in [1.807, 2.05) is 55.6 Å². The van der Waals surface area contributed by atoms with E-state index in [2.05, 4.69) is 21.4 Å². The van der Waals surface area contributed by atoms with E-state index in [0.29, 0.717) is 17.9 Å². The Balaban J connectivity index is 1.90. The van der Waals surface area contributed by atoms with Gasteiger partial charge in [-0.05, 0) is 25.5 Å². The van der Waals surface area contributed by atoms with Crippen LogP contribution in [0.15, 0.2) is 41.8 Å². The summed E-state index contributed by atoms with van der Waals surface area (Å²) in [4.78, 5) is 9.06. The van der Waals surface area contributed by atoms with Crippen LogP contribution in [0.3, 0.4) is 0 Å². The smallest absolute Gasteiger partial charge is 0.144 e. The second-order valence-corrected chi connectivity index (χ2v) is 6.28. The zero-order valence-electron chi connectivity index (χ0n) is 13.0.